The summed E-state index contributed by atoms with van der Waals surface area (Å²) in [7, 11) is 0. The van der Waals surface area contributed by atoms with Crippen molar-refractivity contribution in [3.63, 3.8) is 0 Å². The smallest absolute Gasteiger partial charge is 0.242 e. The van der Waals surface area contributed by atoms with E-state index < -0.39 is 5.54 Å². The maximum atomic E-state index is 12.1. The fourth-order valence-electron chi connectivity index (χ4n) is 2.27. The third-order valence-corrected chi connectivity index (χ3v) is 3.63. The van der Waals surface area contributed by atoms with Crippen LogP contribution in [0.25, 0.3) is 0 Å². The molecule has 0 atom stereocenters. The first-order chi connectivity index (χ1) is 8.89. The summed E-state index contributed by atoms with van der Waals surface area (Å²) in [6.45, 7) is 6.43. The number of para-hydroxylation sites is 1. The van der Waals surface area contributed by atoms with Crippen molar-refractivity contribution in [3.8, 4) is 0 Å². The van der Waals surface area contributed by atoms with E-state index in [0.29, 0.717) is 13.1 Å². The number of carbonyl (C=O) groups excluding carboxylic acids is 1. The molecule has 1 saturated heterocycles. The number of anilines is 1. The van der Waals surface area contributed by atoms with E-state index in [1.165, 1.54) is 0 Å². The molecule has 19 heavy (non-hydrogen) atoms. The molecule has 0 aromatic heterocycles. The van der Waals surface area contributed by atoms with E-state index in [1.807, 2.05) is 29.2 Å². The van der Waals surface area contributed by atoms with Gasteiger partial charge in [-0.15, -0.1) is 0 Å². The molecule has 1 fully saturated rings. The van der Waals surface area contributed by atoms with Crippen LogP contribution in [0.5, 0.6) is 0 Å². The number of rotatable bonds is 2. The number of nitrogens with two attached hydrogens (primary N) is 1. The van der Waals surface area contributed by atoms with Gasteiger partial charge in [-0.3, -0.25) is 4.79 Å². The summed E-state index contributed by atoms with van der Waals surface area (Å²) < 4.78 is 0. The molecule has 0 unspecified atom stereocenters. The molecule has 1 aliphatic heterocycles. The largest absolute Gasteiger partial charge is 0.367 e. The zero-order chi connectivity index (χ0) is 14.0. The Morgan fingerprint density at radius 2 is 1.79 bits per heavy atom. The van der Waals surface area contributed by atoms with Crippen LogP contribution in [-0.4, -0.2) is 42.5 Å². The van der Waals surface area contributed by atoms with E-state index >= 15 is 0 Å². The number of hydrogen-bond acceptors (Lipinski definition) is 3. The molecule has 0 bridgehead atoms. The number of benzene rings is 1. The average molecular weight is 282 g/mol. The molecule has 2 N–H and O–H groups in total. The van der Waals surface area contributed by atoms with Crippen LogP contribution in [0, 0.1) is 0 Å². The quantitative estimate of drug-likeness (QED) is 0.898. The summed E-state index contributed by atoms with van der Waals surface area (Å²) in [6.07, 6.45) is 0. The standard InChI is InChI=1S/C14H20ClN3O/c1-14(2,16)13(19)18-9-7-17(8-10-18)12-6-4-3-5-11(12)15/h3-6H,7-10,16H2,1-2H3. The van der Waals surface area contributed by atoms with E-state index in [-0.39, 0.29) is 5.91 Å². The van der Waals surface area contributed by atoms with Gasteiger partial charge in [-0.1, -0.05) is 23.7 Å². The predicted molar refractivity (Wildman–Crippen MR) is 78.5 cm³/mol. The summed E-state index contributed by atoms with van der Waals surface area (Å²) in [5.74, 6) is 0.00584. The molecule has 5 heteroatoms. The van der Waals surface area contributed by atoms with Crippen LogP contribution in [0.3, 0.4) is 0 Å². The molecule has 0 aliphatic carbocycles. The zero-order valence-corrected chi connectivity index (χ0v) is 12.2. The molecule has 1 aromatic carbocycles. The van der Waals surface area contributed by atoms with Crippen molar-refractivity contribution < 1.29 is 4.79 Å². The number of piperazine rings is 1. The number of carbonyl (C=O) groups is 1. The fraction of sp³-hybridized carbons (Fsp3) is 0.500. The first-order valence-electron chi connectivity index (χ1n) is 6.47. The molecule has 0 radical (unpaired) electrons. The van der Waals surface area contributed by atoms with Crippen LogP contribution in [0.1, 0.15) is 13.8 Å². The molecule has 1 heterocycles. The minimum Gasteiger partial charge on any atom is -0.367 e. The highest BCUT2D eigenvalue weighted by atomic mass is 35.5. The number of nitrogens with zero attached hydrogens (tertiary/aromatic N) is 2. The first kappa shape index (κ1) is 14.2. The van der Waals surface area contributed by atoms with Gasteiger partial charge in [0.25, 0.3) is 0 Å². The molecule has 1 amide bonds. The molecule has 104 valence electrons. The van der Waals surface area contributed by atoms with E-state index in [0.717, 1.165) is 23.8 Å². The van der Waals surface area contributed by atoms with Crippen molar-refractivity contribution in [3.05, 3.63) is 29.3 Å². The van der Waals surface area contributed by atoms with Gasteiger partial charge in [0.05, 0.1) is 16.2 Å². The maximum absolute atomic E-state index is 12.1. The molecule has 0 spiro atoms. The second-order valence-corrected chi connectivity index (χ2v) is 5.86. The Morgan fingerprint density at radius 1 is 1.21 bits per heavy atom. The second kappa shape index (κ2) is 5.39. The number of amides is 1. The summed E-state index contributed by atoms with van der Waals surface area (Å²) in [5, 5.41) is 0.751. The Morgan fingerprint density at radius 3 is 2.32 bits per heavy atom. The number of hydrogen-bond donors (Lipinski definition) is 1. The monoisotopic (exact) mass is 281 g/mol. The molecule has 4 nitrogen and oxygen atoms in total. The Bertz CT molecular complexity index is 462. The summed E-state index contributed by atoms with van der Waals surface area (Å²) in [4.78, 5) is 16.1. The molecule has 1 aromatic rings. The Hall–Kier alpha value is -1.26. The molecular weight excluding hydrogens is 262 g/mol. The van der Waals surface area contributed by atoms with E-state index in [2.05, 4.69) is 4.90 Å². The van der Waals surface area contributed by atoms with Gasteiger partial charge >= 0.3 is 0 Å². The third kappa shape index (κ3) is 3.19. The van der Waals surface area contributed by atoms with Gasteiger partial charge in [0.1, 0.15) is 0 Å². The minimum atomic E-state index is -0.799. The maximum Gasteiger partial charge on any atom is 0.242 e. The molecular formula is C14H20ClN3O. The lowest BCUT2D eigenvalue weighted by Gasteiger charge is -2.38. The van der Waals surface area contributed by atoms with Crippen LogP contribution >= 0.6 is 11.6 Å². The van der Waals surface area contributed by atoms with Gasteiger partial charge in [0, 0.05) is 26.2 Å². The second-order valence-electron chi connectivity index (χ2n) is 5.45. The first-order valence-corrected chi connectivity index (χ1v) is 6.85. The van der Waals surface area contributed by atoms with Crippen molar-refractivity contribution in [1.29, 1.82) is 0 Å². The lowest BCUT2D eigenvalue weighted by atomic mass is 10.0. The van der Waals surface area contributed by atoms with E-state index in [4.69, 9.17) is 17.3 Å². The highest BCUT2D eigenvalue weighted by Crippen LogP contribution is 2.26. The highest BCUT2D eigenvalue weighted by Gasteiger charge is 2.30. The van der Waals surface area contributed by atoms with Crippen molar-refractivity contribution in [2.24, 2.45) is 5.73 Å². The van der Waals surface area contributed by atoms with Gasteiger partial charge in [0.2, 0.25) is 5.91 Å². The van der Waals surface area contributed by atoms with Gasteiger partial charge < -0.3 is 15.5 Å². The van der Waals surface area contributed by atoms with Crippen molar-refractivity contribution in [2.45, 2.75) is 19.4 Å². The lowest BCUT2D eigenvalue weighted by Crippen LogP contribution is -2.57. The topological polar surface area (TPSA) is 49.6 Å². The Labute approximate surface area is 119 Å². The van der Waals surface area contributed by atoms with Crippen molar-refractivity contribution >= 4 is 23.2 Å². The van der Waals surface area contributed by atoms with Gasteiger partial charge in [-0.25, -0.2) is 0 Å². The van der Waals surface area contributed by atoms with E-state index in [1.54, 1.807) is 13.8 Å². The fourth-order valence-corrected chi connectivity index (χ4v) is 2.52. The van der Waals surface area contributed by atoms with Gasteiger partial charge in [-0.2, -0.15) is 0 Å². The van der Waals surface area contributed by atoms with Crippen LogP contribution in [-0.2, 0) is 4.79 Å². The van der Waals surface area contributed by atoms with Crippen molar-refractivity contribution in [2.75, 3.05) is 31.1 Å². The van der Waals surface area contributed by atoms with Gasteiger partial charge in [-0.05, 0) is 26.0 Å². The molecule has 0 saturated carbocycles. The minimum absolute atomic E-state index is 0.00584. The lowest BCUT2D eigenvalue weighted by molar-refractivity contribution is -0.136. The summed E-state index contributed by atoms with van der Waals surface area (Å²) in [6, 6.07) is 7.79. The summed E-state index contributed by atoms with van der Waals surface area (Å²) >= 11 is 6.19. The van der Waals surface area contributed by atoms with Crippen molar-refractivity contribution in [1.82, 2.24) is 4.90 Å². The molecule has 2 rings (SSSR count). The normalized spacial score (nSPS) is 16.6. The van der Waals surface area contributed by atoms with Crippen LogP contribution in [0.15, 0.2) is 24.3 Å². The van der Waals surface area contributed by atoms with Crippen LogP contribution in [0.4, 0.5) is 5.69 Å². The number of halogens is 1. The molecule has 1 aliphatic rings. The Kier molecular flexibility index (Phi) is 4.02. The zero-order valence-electron chi connectivity index (χ0n) is 11.4. The predicted octanol–water partition coefficient (Wildman–Crippen LogP) is 1.73. The van der Waals surface area contributed by atoms with Gasteiger partial charge in [0.15, 0.2) is 0 Å². The average Bonchev–Trinajstić information content (AvgIpc) is 2.38. The Balaban J connectivity index is 2.00. The summed E-state index contributed by atoms with van der Waals surface area (Å²) in [5.41, 5.74) is 6.09. The SMILES string of the molecule is CC(C)(N)C(=O)N1CCN(c2ccccc2Cl)CC1. The van der Waals surface area contributed by atoms with E-state index in [9.17, 15) is 4.79 Å². The van der Waals surface area contributed by atoms with Crippen LogP contribution < -0.4 is 10.6 Å². The third-order valence-electron chi connectivity index (χ3n) is 3.31. The highest BCUT2D eigenvalue weighted by molar-refractivity contribution is 6.33. The van der Waals surface area contributed by atoms with Crippen LogP contribution in [0.2, 0.25) is 5.02 Å².